The molecule has 0 saturated carbocycles. The Hall–Kier alpha value is -2.83. The molecule has 29 heavy (non-hydrogen) atoms. The van der Waals surface area contributed by atoms with Crippen molar-refractivity contribution in [2.75, 3.05) is 18.9 Å². The van der Waals surface area contributed by atoms with Crippen LogP contribution in [-0.2, 0) is 4.79 Å². The summed E-state index contributed by atoms with van der Waals surface area (Å²) in [6.45, 7) is 3.80. The van der Waals surface area contributed by atoms with Crippen LogP contribution in [0.3, 0.4) is 0 Å². The average molecular weight is 431 g/mol. The first-order valence-electron chi connectivity index (χ1n) is 8.88. The highest BCUT2D eigenvalue weighted by Crippen LogP contribution is 2.25. The van der Waals surface area contributed by atoms with Gasteiger partial charge in [-0.15, -0.1) is 0 Å². The van der Waals surface area contributed by atoms with E-state index >= 15 is 0 Å². The summed E-state index contributed by atoms with van der Waals surface area (Å²) in [7, 11) is 1.58. The monoisotopic (exact) mass is 430 g/mol. The fraction of sp³-hybridized carbons (Fsp3) is 0.190. The van der Waals surface area contributed by atoms with Crippen molar-refractivity contribution >= 4 is 40.7 Å². The van der Waals surface area contributed by atoms with E-state index in [9.17, 15) is 9.59 Å². The summed E-state index contributed by atoms with van der Waals surface area (Å²) in [5, 5.41) is 7.88. The summed E-state index contributed by atoms with van der Waals surface area (Å²) < 4.78 is 1.82. The van der Waals surface area contributed by atoms with Gasteiger partial charge in [-0.1, -0.05) is 23.2 Å². The van der Waals surface area contributed by atoms with Gasteiger partial charge in [0.25, 0.3) is 5.91 Å². The first-order chi connectivity index (χ1) is 13.7. The first kappa shape index (κ1) is 20.9. The number of carbonyl (C=O) groups excluding carboxylic acids is 2. The number of benzene rings is 2. The van der Waals surface area contributed by atoms with Crippen molar-refractivity contribution in [2.24, 2.45) is 0 Å². The molecule has 3 rings (SSSR count). The van der Waals surface area contributed by atoms with Gasteiger partial charge in [0.05, 0.1) is 28.0 Å². The van der Waals surface area contributed by atoms with Crippen LogP contribution in [0.4, 0.5) is 5.69 Å². The van der Waals surface area contributed by atoms with Crippen LogP contribution in [0.2, 0.25) is 10.0 Å². The van der Waals surface area contributed by atoms with E-state index in [1.807, 2.05) is 36.7 Å². The lowest BCUT2D eigenvalue weighted by Gasteiger charge is -2.17. The van der Waals surface area contributed by atoms with E-state index in [4.69, 9.17) is 23.2 Å². The Morgan fingerprint density at radius 3 is 2.31 bits per heavy atom. The largest absolute Gasteiger partial charge is 0.332 e. The zero-order valence-corrected chi connectivity index (χ0v) is 17.8. The van der Waals surface area contributed by atoms with E-state index in [0.717, 1.165) is 17.1 Å². The number of aromatic nitrogens is 2. The van der Waals surface area contributed by atoms with Gasteiger partial charge in [-0.3, -0.25) is 9.59 Å². The van der Waals surface area contributed by atoms with Gasteiger partial charge in [0, 0.05) is 24.0 Å². The smallest absolute Gasteiger partial charge is 0.254 e. The van der Waals surface area contributed by atoms with E-state index in [-0.39, 0.29) is 18.4 Å². The standard InChI is InChI=1S/C21H20Cl2N4O2/c1-13-10-14(2)27(25-13)17-7-4-15(5-8-17)21(29)26(3)12-20(28)24-16-6-9-18(22)19(23)11-16/h4-11H,12H2,1-3H3,(H,24,28). The molecule has 0 bridgehead atoms. The van der Waals surface area contributed by atoms with Crippen molar-refractivity contribution in [3.63, 3.8) is 0 Å². The van der Waals surface area contributed by atoms with E-state index < -0.39 is 0 Å². The SMILES string of the molecule is Cc1cc(C)n(-c2ccc(C(=O)N(C)CC(=O)Nc3ccc(Cl)c(Cl)c3)cc2)n1. The van der Waals surface area contributed by atoms with Crippen molar-refractivity contribution in [3.8, 4) is 5.69 Å². The fourth-order valence-corrected chi connectivity index (χ4v) is 3.22. The first-order valence-corrected chi connectivity index (χ1v) is 9.64. The molecule has 0 atom stereocenters. The molecule has 2 aromatic carbocycles. The number of hydrogen-bond donors (Lipinski definition) is 1. The lowest BCUT2D eigenvalue weighted by atomic mass is 10.2. The molecule has 3 aromatic rings. The van der Waals surface area contributed by atoms with E-state index in [1.165, 1.54) is 4.90 Å². The molecule has 0 aliphatic rings. The van der Waals surface area contributed by atoms with Gasteiger partial charge < -0.3 is 10.2 Å². The molecule has 0 unspecified atom stereocenters. The van der Waals surface area contributed by atoms with Crippen LogP contribution in [0.1, 0.15) is 21.7 Å². The highest BCUT2D eigenvalue weighted by atomic mass is 35.5. The van der Waals surface area contributed by atoms with E-state index in [0.29, 0.717) is 21.3 Å². The Morgan fingerprint density at radius 1 is 1.03 bits per heavy atom. The number of anilines is 1. The second-order valence-corrected chi connectivity index (χ2v) is 7.54. The van der Waals surface area contributed by atoms with Crippen LogP contribution in [-0.4, -0.2) is 40.1 Å². The lowest BCUT2D eigenvalue weighted by Crippen LogP contribution is -2.34. The number of carbonyl (C=O) groups is 2. The second-order valence-electron chi connectivity index (χ2n) is 6.72. The summed E-state index contributed by atoms with van der Waals surface area (Å²) in [6.07, 6.45) is 0. The highest BCUT2D eigenvalue weighted by Gasteiger charge is 2.16. The molecule has 0 aliphatic heterocycles. The van der Waals surface area contributed by atoms with E-state index in [1.54, 1.807) is 37.4 Å². The maximum Gasteiger partial charge on any atom is 0.254 e. The molecule has 0 fully saturated rings. The number of hydrogen-bond acceptors (Lipinski definition) is 3. The van der Waals surface area contributed by atoms with Gasteiger partial charge in [0.15, 0.2) is 0 Å². The van der Waals surface area contributed by atoms with Crippen molar-refractivity contribution < 1.29 is 9.59 Å². The fourth-order valence-electron chi connectivity index (χ4n) is 2.92. The number of amides is 2. The third-order valence-corrected chi connectivity index (χ3v) is 5.04. The molecule has 1 N–H and O–H groups in total. The number of aryl methyl sites for hydroxylation is 2. The Balaban J connectivity index is 1.64. The van der Waals surface area contributed by atoms with Crippen molar-refractivity contribution in [2.45, 2.75) is 13.8 Å². The summed E-state index contributed by atoms with van der Waals surface area (Å²) in [5.74, 6) is -0.590. The molecule has 1 heterocycles. The molecule has 8 heteroatoms. The van der Waals surface area contributed by atoms with Gasteiger partial charge in [-0.2, -0.15) is 5.10 Å². The minimum atomic E-state index is -0.335. The van der Waals surface area contributed by atoms with Gasteiger partial charge in [0.1, 0.15) is 0 Å². The van der Waals surface area contributed by atoms with Gasteiger partial charge in [-0.05, 0) is 62.4 Å². The Bertz CT molecular complexity index is 1060. The number of rotatable bonds is 5. The van der Waals surface area contributed by atoms with Crippen LogP contribution in [0.25, 0.3) is 5.69 Å². The van der Waals surface area contributed by atoms with Crippen molar-refractivity contribution in [3.05, 3.63) is 75.5 Å². The molecular weight excluding hydrogens is 411 g/mol. The average Bonchev–Trinajstić information content (AvgIpc) is 3.02. The predicted octanol–water partition coefficient (Wildman–Crippen LogP) is 4.51. The summed E-state index contributed by atoms with van der Waals surface area (Å²) in [6, 6.07) is 13.9. The number of likely N-dealkylation sites (N-methyl/N-ethyl adjacent to an activating group) is 1. The molecule has 0 saturated heterocycles. The van der Waals surface area contributed by atoms with Crippen molar-refractivity contribution in [1.82, 2.24) is 14.7 Å². The second kappa shape index (κ2) is 8.68. The molecule has 0 aliphatic carbocycles. The maximum atomic E-state index is 12.6. The van der Waals surface area contributed by atoms with E-state index in [2.05, 4.69) is 10.4 Å². The van der Waals surface area contributed by atoms with Crippen LogP contribution in [0, 0.1) is 13.8 Å². The molecule has 0 spiro atoms. The van der Waals surface area contributed by atoms with Crippen molar-refractivity contribution in [1.29, 1.82) is 0 Å². The zero-order valence-electron chi connectivity index (χ0n) is 16.2. The molecule has 150 valence electrons. The molecule has 6 nitrogen and oxygen atoms in total. The zero-order chi connectivity index (χ0) is 21.1. The topological polar surface area (TPSA) is 67.2 Å². The highest BCUT2D eigenvalue weighted by molar-refractivity contribution is 6.42. The van der Waals surface area contributed by atoms with Crippen LogP contribution in [0.5, 0.6) is 0 Å². The quantitative estimate of drug-likeness (QED) is 0.647. The third kappa shape index (κ3) is 4.96. The maximum absolute atomic E-state index is 12.6. The number of nitrogens with one attached hydrogen (secondary N) is 1. The summed E-state index contributed by atoms with van der Waals surface area (Å²) in [4.78, 5) is 26.2. The van der Waals surface area contributed by atoms with Gasteiger partial charge in [-0.25, -0.2) is 4.68 Å². The van der Waals surface area contributed by atoms with Gasteiger partial charge in [0.2, 0.25) is 5.91 Å². The third-order valence-electron chi connectivity index (χ3n) is 4.30. The molecule has 2 amide bonds. The van der Waals surface area contributed by atoms with Crippen LogP contribution >= 0.6 is 23.2 Å². The minimum Gasteiger partial charge on any atom is -0.332 e. The van der Waals surface area contributed by atoms with Crippen LogP contribution in [0.15, 0.2) is 48.5 Å². The minimum absolute atomic E-state index is 0.0989. The summed E-state index contributed by atoms with van der Waals surface area (Å²) >= 11 is 11.8. The van der Waals surface area contributed by atoms with Gasteiger partial charge >= 0.3 is 0 Å². The predicted molar refractivity (Wildman–Crippen MR) is 115 cm³/mol. The number of halogens is 2. The molecule has 1 aromatic heterocycles. The summed E-state index contributed by atoms with van der Waals surface area (Å²) in [5.41, 5.74) is 3.81. The van der Waals surface area contributed by atoms with Crippen LogP contribution < -0.4 is 5.32 Å². The Kier molecular flexibility index (Phi) is 6.25. The molecule has 0 radical (unpaired) electrons. The Labute approximate surface area is 179 Å². The Morgan fingerprint density at radius 2 is 1.72 bits per heavy atom. The molecular formula is C21H20Cl2N4O2. The normalized spacial score (nSPS) is 10.7. The number of nitrogens with zero attached hydrogens (tertiary/aromatic N) is 3. The lowest BCUT2D eigenvalue weighted by molar-refractivity contribution is -0.116.